The van der Waals surface area contributed by atoms with Crippen molar-refractivity contribution in [3.05, 3.63) is 35.6 Å². The number of aliphatic hydroxyl groups is 2. The molecule has 0 spiro atoms. The maximum Gasteiger partial charge on any atom is 0.290 e. The van der Waals surface area contributed by atoms with Crippen LogP contribution >= 0.6 is 0 Å². The summed E-state index contributed by atoms with van der Waals surface area (Å²) in [5.74, 6) is -0.00759. The first-order chi connectivity index (χ1) is 9.08. The Labute approximate surface area is 110 Å². The normalized spacial score (nSPS) is 23.2. The number of hydrogen-bond acceptors (Lipinski definition) is 4. The third kappa shape index (κ3) is 1.91. The van der Waals surface area contributed by atoms with Gasteiger partial charge in [-0.3, -0.25) is 4.79 Å². The third-order valence-electron chi connectivity index (χ3n) is 3.58. The fraction of sp³-hybridized carbons (Fsp3) is 0.357. The van der Waals surface area contributed by atoms with E-state index < -0.39 is 12.2 Å². The SMILES string of the molecule is Cc1c(C(=O)N2C[C@@H](O)[C@@H](O)C2)oc2ccccc12. The summed E-state index contributed by atoms with van der Waals surface area (Å²) in [7, 11) is 0. The van der Waals surface area contributed by atoms with Crippen molar-refractivity contribution < 1.29 is 19.4 Å². The molecule has 1 saturated heterocycles. The van der Waals surface area contributed by atoms with Crippen LogP contribution in [0.3, 0.4) is 0 Å². The Morgan fingerprint density at radius 1 is 1.26 bits per heavy atom. The molecule has 5 heteroatoms. The molecular formula is C14H15NO4. The van der Waals surface area contributed by atoms with Crippen LogP contribution in [0.1, 0.15) is 16.1 Å². The monoisotopic (exact) mass is 261 g/mol. The summed E-state index contributed by atoms with van der Waals surface area (Å²) in [5.41, 5.74) is 1.46. The zero-order valence-corrected chi connectivity index (χ0v) is 10.5. The zero-order valence-electron chi connectivity index (χ0n) is 10.5. The molecule has 0 bridgehead atoms. The molecule has 100 valence electrons. The second kappa shape index (κ2) is 4.36. The summed E-state index contributed by atoms with van der Waals surface area (Å²) in [6.07, 6.45) is -1.76. The number of fused-ring (bicyclic) bond motifs is 1. The number of nitrogens with zero attached hydrogens (tertiary/aromatic N) is 1. The van der Waals surface area contributed by atoms with E-state index in [4.69, 9.17) is 4.42 Å². The predicted molar refractivity (Wildman–Crippen MR) is 68.9 cm³/mol. The molecule has 3 rings (SSSR count). The molecule has 1 fully saturated rings. The molecule has 0 saturated carbocycles. The van der Waals surface area contributed by atoms with Crippen LogP contribution in [0.2, 0.25) is 0 Å². The standard InChI is InChI=1S/C14H15NO4/c1-8-9-4-2-3-5-12(9)19-13(8)14(18)15-6-10(16)11(17)7-15/h2-5,10-11,16-17H,6-7H2,1H3/t10-,11+. The van der Waals surface area contributed by atoms with Crippen molar-refractivity contribution in [3.63, 3.8) is 0 Å². The first-order valence-electron chi connectivity index (χ1n) is 6.21. The van der Waals surface area contributed by atoms with Gasteiger partial charge in [0, 0.05) is 24.0 Å². The molecule has 1 aliphatic rings. The lowest BCUT2D eigenvalue weighted by molar-refractivity contribution is 0.0572. The Morgan fingerprint density at radius 3 is 2.53 bits per heavy atom. The molecular weight excluding hydrogens is 246 g/mol. The lowest BCUT2D eigenvalue weighted by Gasteiger charge is -2.13. The highest BCUT2D eigenvalue weighted by atomic mass is 16.4. The van der Waals surface area contributed by atoms with Crippen LogP contribution in [-0.4, -0.2) is 46.3 Å². The van der Waals surface area contributed by atoms with Crippen molar-refractivity contribution in [2.24, 2.45) is 0 Å². The second-order valence-corrected chi connectivity index (χ2v) is 4.90. The third-order valence-corrected chi connectivity index (χ3v) is 3.58. The number of carbonyl (C=O) groups is 1. The average Bonchev–Trinajstić information content (AvgIpc) is 2.91. The number of aryl methyl sites for hydroxylation is 1. The van der Waals surface area contributed by atoms with Crippen molar-refractivity contribution in [2.75, 3.05) is 13.1 Å². The van der Waals surface area contributed by atoms with Gasteiger partial charge in [-0.15, -0.1) is 0 Å². The minimum absolute atomic E-state index is 0.135. The summed E-state index contributed by atoms with van der Waals surface area (Å²) in [5, 5.41) is 19.9. The molecule has 19 heavy (non-hydrogen) atoms. The van der Waals surface area contributed by atoms with E-state index in [0.29, 0.717) is 5.58 Å². The fourth-order valence-corrected chi connectivity index (χ4v) is 2.46. The number of para-hydroxylation sites is 1. The first kappa shape index (κ1) is 12.2. The van der Waals surface area contributed by atoms with Crippen LogP contribution in [0.25, 0.3) is 11.0 Å². The molecule has 0 radical (unpaired) electrons. The Kier molecular flexibility index (Phi) is 2.80. The number of likely N-dealkylation sites (tertiary alicyclic amines) is 1. The lowest BCUT2D eigenvalue weighted by Crippen LogP contribution is -2.29. The van der Waals surface area contributed by atoms with E-state index in [9.17, 15) is 15.0 Å². The Hall–Kier alpha value is -1.85. The zero-order chi connectivity index (χ0) is 13.6. The van der Waals surface area contributed by atoms with Crippen LogP contribution in [0.5, 0.6) is 0 Å². The van der Waals surface area contributed by atoms with Gasteiger partial charge in [-0.25, -0.2) is 0 Å². The molecule has 2 atom stereocenters. The van der Waals surface area contributed by atoms with Gasteiger partial charge in [0.05, 0.1) is 12.2 Å². The highest BCUT2D eigenvalue weighted by Gasteiger charge is 2.34. The number of rotatable bonds is 1. The molecule has 0 unspecified atom stereocenters. The Morgan fingerprint density at radius 2 is 1.89 bits per heavy atom. The van der Waals surface area contributed by atoms with Crippen LogP contribution in [0, 0.1) is 6.92 Å². The van der Waals surface area contributed by atoms with Gasteiger partial charge >= 0.3 is 0 Å². The van der Waals surface area contributed by atoms with E-state index >= 15 is 0 Å². The maximum atomic E-state index is 12.3. The van der Waals surface area contributed by atoms with Gasteiger partial charge in [-0.2, -0.15) is 0 Å². The maximum absolute atomic E-state index is 12.3. The molecule has 1 amide bonds. The second-order valence-electron chi connectivity index (χ2n) is 4.90. The van der Waals surface area contributed by atoms with Gasteiger partial charge in [-0.05, 0) is 13.0 Å². The minimum atomic E-state index is -0.881. The van der Waals surface area contributed by atoms with Crippen molar-refractivity contribution in [3.8, 4) is 0 Å². The number of carbonyl (C=O) groups excluding carboxylic acids is 1. The smallest absolute Gasteiger partial charge is 0.290 e. The van der Waals surface area contributed by atoms with E-state index in [2.05, 4.69) is 0 Å². The van der Waals surface area contributed by atoms with E-state index in [1.54, 1.807) is 0 Å². The summed E-state index contributed by atoms with van der Waals surface area (Å²) < 4.78 is 5.59. The van der Waals surface area contributed by atoms with E-state index in [-0.39, 0.29) is 24.8 Å². The van der Waals surface area contributed by atoms with Crippen molar-refractivity contribution in [1.82, 2.24) is 4.90 Å². The van der Waals surface area contributed by atoms with Gasteiger partial charge < -0.3 is 19.5 Å². The molecule has 0 aliphatic carbocycles. The van der Waals surface area contributed by atoms with Crippen LogP contribution in [-0.2, 0) is 0 Å². The highest BCUT2D eigenvalue weighted by Crippen LogP contribution is 2.26. The topological polar surface area (TPSA) is 73.9 Å². The molecule has 1 aromatic carbocycles. The van der Waals surface area contributed by atoms with E-state index in [1.807, 2.05) is 31.2 Å². The van der Waals surface area contributed by atoms with Gasteiger partial charge in [-0.1, -0.05) is 18.2 Å². The predicted octanol–water partition coefficient (Wildman–Crippen LogP) is 0.919. The quantitative estimate of drug-likeness (QED) is 0.800. The van der Waals surface area contributed by atoms with E-state index in [0.717, 1.165) is 10.9 Å². The van der Waals surface area contributed by atoms with Gasteiger partial charge in [0.2, 0.25) is 0 Å². The van der Waals surface area contributed by atoms with Crippen molar-refractivity contribution in [2.45, 2.75) is 19.1 Å². The average molecular weight is 261 g/mol. The molecule has 1 aliphatic heterocycles. The molecule has 2 aromatic rings. The van der Waals surface area contributed by atoms with Gasteiger partial charge in [0.25, 0.3) is 5.91 Å². The minimum Gasteiger partial charge on any atom is -0.451 e. The number of aliphatic hydroxyl groups excluding tert-OH is 2. The summed E-state index contributed by atoms with van der Waals surface area (Å²) >= 11 is 0. The largest absolute Gasteiger partial charge is 0.451 e. The van der Waals surface area contributed by atoms with Crippen LogP contribution in [0.4, 0.5) is 0 Å². The highest BCUT2D eigenvalue weighted by molar-refractivity contribution is 5.99. The van der Waals surface area contributed by atoms with Crippen molar-refractivity contribution in [1.29, 1.82) is 0 Å². The Balaban J connectivity index is 1.96. The van der Waals surface area contributed by atoms with Crippen LogP contribution < -0.4 is 0 Å². The number of hydrogen-bond donors (Lipinski definition) is 2. The number of β-amino-alcohol motifs (C(OH)–C–C–N with tert-alkyl or cyclic N) is 2. The Bertz CT molecular complexity index is 623. The fourth-order valence-electron chi connectivity index (χ4n) is 2.46. The summed E-state index contributed by atoms with van der Waals surface area (Å²) in [6.45, 7) is 2.11. The summed E-state index contributed by atoms with van der Waals surface area (Å²) in [6, 6.07) is 7.46. The number of furan rings is 1. The summed E-state index contributed by atoms with van der Waals surface area (Å²) in [4.78, 5) is 13.8. The van der Waals surface area contributed by atoms with Gasteiger partial charge in [0.1, 0.15) is 5.58 Å². The van der Waals surface area contributed by atoms with Crippen LogP contribution in [0.15, 0.2) is 28.7 Å². The first-order valence-corrected chi connectivity index (χ1v) is 6.21. The van der Waals surface area contributed by atoms with Crippen molar-refractivity contribution >= 4 is 16.9 Å². The molecule has 1 aromatic heterocycles. The molecule has 5 nitrogen and oxygen atoms in total. The number of benzene rings is 1. The van der Waals surface area contributed by atoms with Gasteiger partial charge in [0.15, 0.2) is 5.76 Å². The number of amides is 1. The molecule has 2 N–H and O–H groups in total. The molecule has 2 heterocycles. The van der Waals surface area contributed by atoms with E-state index in [1.165, 1.54) is 4.90 Å². The lowest BCUT2D eigenvalue weighted by atomic mass is 10.1.